The molecule has 0 unspecified atom stereocenters. The highest BCUT2D eigenvalue weighted by molar-refractivity contribution is 7.99. The van der Waals surface area contributed by atoms with Crippen molar-refractivity contribution < 1.29 is 24.0 Å². The Kier molecular flexibility index (Phi) is 8.17. The highest BCUT2D eigenvalue weighted by Gasteiger charge is 2.22. The standard InChI is InChI=1S/C23H24ClN5O4S/c1-32-22(31)16-2-6-18(7-3-16)25-21(30)15-34-23-27-26-20(14-28-10-12-33-13-11-28)29(23)19-8-4-17(24)5-9-19/h2-9H,10-15H2,1H3,(H,25,30)/p+1. The average molecular weight is 503 g/mol. The molecule has 0 bridgehead atoms. The summed E-state index contributed by atoms with van der Waals surface area (Å²) in [4.78, 5) is 25.5. The van der Waals surface area contributed by atoms with Crippen molar-refractivity contribution in [1.29, 1.82) is 0 Å². The molecule has 0 spiro atoms. The Morgan fingerprint density at radius 2 is 1.82 bits per heavy atom. The van der Waals surface area contributed by atoms with Gasteiger partial charge in [0.25, 0.3) is 0 Å². The van der Waals surface area contributed by atoms with E-state index in [2.05, 4.69) is 20.3 Å². The second-order valence-electron chi connectivity index (χ2n) is 7.66. The van der Waals surface area contributed by atoms with Crippen LogP contribution in [0, 0.1) is 0 Å². The van der Waals surface area contributed by atoms with Crippen molar-refractivity contribution >= 4 is 40.9 Å². The van der Waals surface area contributed by atoms with Gasteiger partial charge in [0.05, 0.1) is 31.6 Å². The van der Waals surface area contributed by atoms with Crippen LogP contribution in [-0.4, -0.2) is 65.8 Å². The van der Waals surface area contributed by atoms with Gasteiger partial charge in [0.1, 0.15) is 19.6 Å². The maximum absolute atomic E-state index is 12.6. The van der Waals surface area contributed by atoms with Gasteiger partial charge in [0.2, 0.25) is 5.91 Å². The predicted molar refractivity (Wildman–Crippen MR) is 129 cm³/mol. The molecule has 2 N–H and O–H groups in total. The number of aromatic nitrogens is 3. The van der Waals surface area contributed by atoms with E-state index >= 15 is 0 Å². The van der Waals surface area contributed by atoms with Gasteiger partial charge < -0.3 is 19.7 Å². The number of nitrogens with zero attached hydrogens (tertiary/aromatic N) is 3. The highest BCUT2D eigenvalue weighted by atomic mass is 35.5. The second-order valence-corrected chi connectivity index (χ2v) is 9.03. The highest BCUT2D eigenvalue weighted by Crippen LogP contribution is 2.23. The van der Waals surface area contributed by atoms with Crippen molar-refractivity contribution in [2.75, 3.05) is 44.5 Å². The number of nitrogens with one attached hydrogen (secondary N) is 2. The van der Waals surface area contributed by atoms with Crippen LogP contribution in [0.3, 0.4) is 0 Å². The Labute approximate surface area is 206 Å². The number of anilines is 1. The maximum Gasteiger partial charge on any atom is 0.337 e. The summed E-state index contributed by atoms with van der Waals surface area (Å²) in [6.07, 6.45) is 0. The van der Waals surface area contributed by atoms with Crippen LogP contribution in [0.1, 0.15) is 16.2 Å². The van der Waals surface area contributed by atoms with Crippen LogP contribution < -0.4 is 10.2 Å². The molecule has 3 aromatic rings. The molecule has 1 aromatic heterocycles. The lowest BCUT2D eigenvalue weighted by Crippen LogP contribution is -3.12. The Bertz CT molecular complexity index is 1130. The van der Waals surface area contributed by atoms with E-state index in [4.69, 9.17) is 16.3 Å². The quantitative estimate of drug-likeness (QED) is 0.358. The fourth-order valence-corrected chi connectivity index (χ4v) is 4.45. The molecule has 4 rings (SSSR count). The summed E-state index contributed by atoms with van der Waals surface area (Å²) in [5.74, 6) is 0.349. The fourth-order valence-electron chi connectivity index (χ4n) is 3.55. The molecule has 2 aromatic carbocycles. The fraction of sp³-hybridized carbons (Fsp3) is 0.304. The number of hydrogen-bond acceptors (Lipinski definition) is 7. The first-order chi connectivity index (χ1) is 16.5. The van der Waals surface area contributed by atoms with Crippen molar-refractivity contribution in [2.24, 2.45) is 0 Å². The van der Waals surface area contributed by atoms with Crippen molar-refractivity contribution in [3.8, 4) is 5.69 Å². The summed E-state index contributed by atoms with van der Waals surface area (Å²) in [5.41, 5.74) is 1.90. The van der Waals surface area contributed by atoms with Gasteiger partial charge in [-0.3, -0.25) is 9.36 Å². The summed E-state index contributed by atoms with van der Waals surface area (Å²) in [6, 6.07) is 14.0. The number of ether oxygens (including phenoxy) is 2. The largest absolute Gasteiger partial charge is 0.465 e. The number of morpholine rings is 1. The third-order valence-electron chi connectivity index (χ3n) is 5.32. The number of carbonyl (C=O) groups excluding carboxylic acids is 2. The smallest absolute Gasteiger partial charge is 0.337 e. The predicted octanol–water partition coefficient (Wildman–Crippen LogP) is 1.85. The first kappa shape index (κ1) is 24.2. The van der Waals surface area contributed by atoms with Crippen LogP contribution in [0.15, 0.2) is 53.7 Å². The third kappa shape index (κ3) is 6.15. The lowest BCUT2D eigenvalue weighted by Gasteiger charge is -2.23. The number of halogens is 1. The molecule has 1 saturated heterocycles. The number of benzene rings is 2. The van der Waals surface area contributed by atoms with E-state index in [1.54, 1.807) is 24.3 Å². The van der Waals surface area contributed by atoms with Gasteiger partial charge in [-0.2, -0.15) is 0 Å². The van der Waals surface area contributed by atoms with Gasteiger partial charge in [0, 0.05) is 16.4 Å². The minimum atomic E-state index is -0.426. The molecule has 34 heavy (non-hydrogen) atoms. The van der Waals surface area contributed by atoms with E-state index in [1.165, 1.54) is 23.8 Å². The number of thioether (sulfide) groups is 1. The number of hydrogen-bond donors (Lipinski definition) is 2. The monoisotopic (exact) mass is 502 g/mol. The van der Waals surface area contributed by atoms with Crippen LogP contribution in [0.25, 0.3) is 5.69 Å². The normalized spacial score (nSPS) is 14.1. The second kappa shape index (κ2) is 11.5. The van der Waals surface area contributed by atoms with Crippen LogP contribution in [0.5, 0.6) is 0 Å². The topological polar surface area (TPSA) is 99.8 Å². The van der Waals surface area contributed by atoms with Crippen LogP contribution >= 0.6 is 23.4 Å². The van der Waals surface area contributed by atoms with Crippen LogP contribution in [-0.2, 0) is 20.8 Å². The van der Waals surface area contributed by atoms with Crippen molar-refractivity contribution in [3.05, 3.63) is 64.9 Å². The number of esters is 1. The molecule has 0 atom stereocenters. The zero-order valence-corrected chi connectivity index (χ0v) is 20.2. The molecule has 11 heteroatoms. The average Bonchev–Trinajstić information content (AvgIpc) is 3.26. The Morgan fingerprint density at radius 3 is 2.50 bits per heavy atom. The number of methoxy groups -OCH3 is 1. The zero-order valence-electron chi connectivity index (χ0n) is 18.6. The molecule has 0 radical (unpaired) electrons. The van der Waals surface area contributed by atoms with E-state index in [0.29, 0.717) is 28.0 Å². The van der Waals surface area contributed by atoms with E-state index in [0.717, 1.165) is 37.8 Å². The summed E-state index contributed by atoms with van der Waals surface area (Å²) in [6.45, 7) is 3.98. The molecule has 1 fully saturated rings. The van der Waals surface area contributed by atoms with Gasteiger partial charge >= 0.3 is 5.97 Å². The van der Waals surface area contributed by atoms with E-state index in [9.17, 15) is 9.59 Å². The number of quaternary nitrogens is 1. The first-order valence-corrected chi connectivity index (χ1v) is 12.1. The summed E-state index contributed by atoms with van der Waals surface area (Å²) in [7, 11) is 1.33. The van der Waals surface area contributed by atoms with E-state index < -0.39 is 5.97 Å². The van der Waals surface area contributed by atoms with Gasteiger partial charge in [-0.05, 0) is 48.5 Å². The summed E-state index contributed by atoms with van der Waals surface area (Å²) in [5, 5.41) is 12.9. The molecular weight excluding hydrogens is 478 g/mol. The first-order valence-electron chi connectivity index (χ1n) is 10.8. The van der Waals surface area contributed by atoms with Gasteiger partial charge in [-0.25, -0.2) is 4.79 Å². The molecule has 1 amide bonds. The number of amides is 1. The molecule has 1 aliphatic rings. The number of rotatable bonds is 8. The van der Waals surface area contributed by atoms with Gasteiger partial charge in [0.15, 0.2) is 11.0 Å². The van der Waals surface area contributed by atoms with Crippen molar-refractivity contribution in [3.63, 3.8) is 0 Å². The van der Waals surface area contributed by atoms with Crippen molar-refractivity contribution in [1.82, 2.24) is 14.8 Å². The molecule has 1 aliphatic heterocycles. The van der Waals surface area contributed by atoms with Crippen molar-refractivity contribution in [2.45, 2.75) is 11.7 Å². The van der Waals surface area contributed by atoms with Crippen LogP contribution in [0.2, 0.25) is 5.02 Å². The third-order valence-corrected chi connectivity index (χ3v) is 6.50. The minimum Gasteiger partial charge on any atom is -0.465 e. The SMILES string of the molecule is COC(=O)c1ccc(NC(=O)CSc2nnc(C[NH+]3CCOCC3)n2-c2ccc(Cl)cc2)cc1. The molecule has 0 aliphatic carbocycles. The molecule has 178 valence electrons. The van der Waals surface area contributed by atoms with E-state index in [1.807, 2.05) is 28.8 Å². The minimum absolute atomic E-state index is 0.148. The maximum atomic E-state index is 12.6. The number of carbonyl (C=O) groups is 2. The zero-order chi connectivity index (χ0) is 23.9. The Hall–Kier alpha value is -2.92. The van der Waals surface area contributed by atoms with Gasteiger partial charge in [-0.15, -0.1) is 10.2 Å². The molecule has 0 saturated carbocycles. The molecule has 9 nitrogen and oxygen atoms in total. The Morgan fingerprint density at radius 1 is 1.12 bits per heavy atom. The van der Waals surface area contributed by atoms with Crippen LogP contribution in [0.4, 0.5) is 5.69 Å². The summed E-state index contributed by atoms with van der Waals surface area (Å²) >= 11 is 7.39. The van der Waals surface area contributed by atoms with Gasteiger partial charge in [-0.1, -0.05) is 23.4 Å². The lowest BCUT2D eigenvalue weighted by molar-refractivity contribution is -0.922. The van der Waals surface area contributed by atoms with E-state index in [-0.39, 0.29) is 11.7 Å². The molecule has 2 heterocycles. The lowest BCUT2D eigenvalue weighted by atomic mass is 10.2. The molecular formula is C23H25ClN5O4S+. The Balaban J connectivity index is 1.45. The summed E-state index contributed by atoms with van der Waals surface area (Å²) < 4.78 is 12.1.